The van der Waals surface area contributed by atoms with Crippen molar-refractivity contribution >= 4 is 11.7 Å². The van der Waals surface area contributed by atoms with Crippen molar-refractivity contribution in [2.24, 2.45) is 5.92 Å². The minimum atomic E-state index is -4.48. The molecule has 1 aromatic carbocycles. The van der Waals surface area contributed by atoms with E-state index in [4.69, 9.17) is 5.11 Å². The van der Waals surface area contributed by atoms with Crippen LogP contribution in [0.3, 0.4) is 0 Å². The van der Waals surface area contributed by atoms with E-state index in [0.29, 0.717) is 5.92 Å². The molecule has 0 amide bonds. The van der Waals surface area contributed by atoms with Crippen molar-refractivity contribution in [2.75, 3.05) is 5.32 Å². The smallest absolute Gasteiger partial charge is 0.416 e. The Morgan fingerprint density at radius 3 is 2.52 bits per heavy atom. The maximum absolute atomic E-state index is 12.8. The van der Waals surface area contributed by atoms with E-state index in [-0.39, 0.29) is 17.3 Å². The monoisotopic (exact) mass is 301 g/mol. The number of carbonyl (C=O) groups is 1. The molecule has 1 fully saturated rings. The van der Waals surface area contributed by atoms with Crippen LogP contribution < -0.4 is 5.32 Å². The third-order valence-corrected chi connectivity index (χ3v) is 4.03. The van der Waals surface area contributed by atoms with Crippen LogP contribution in [-0.2, 0) is 6.18 Å². The van der Waals surface area contributed by atoms with Gasteiger partial charge in [0.25, 0.3) is 0 Å². The van der Waals surface area contributed by atoms with Crippen LogP contribution in [0.15, 0.2) is 18.2 Å². The molecule has 0 radical (unpaired) electrons. The van der Waals surface area contributed by atoms with Crippen molar-refractivity contribution in [3.05, 3.63) is 29.3 Å². The predicted octanol–water partition coefficient (Wildman–Crippen LogP) is 4.39. The van der Waals surface area contributed by atoms with Crippen molar-refractivity contribution in [1.29, 1.82) is 0 Å². The molecule has 21 heavy (non-hydrogen) atoms. The van der Waals surface area contributed by atoms with Crippen LogP contribution >= 0.6 is 0 Å². The average molecular weight is 301 g/mol. The van der Waals surface area contributed by atoms with Gasteiger partial charge in [-0.25, -0.2) is 4.79 Å². The Kier molecular flexibility index (Phi) is 4.44. The summed E-state index contributed by atoms with van der Waals surface area (Å²) in [5.41, 5.74) is -0.907. The van der Waals surface area contributed by atoms with Crippen molar-refractivity contribution in [3.63, 3.8) is 0 Å². The Morgan fingerprint density at radius 1 is 1.29 bits per heavy atom. The molecule has 0 bridgehead atoms. The largest absolute Gasteiger partial charge is 0.478 e. The highest BCUT2D eigenvalue weighted by molar-refractivity contribution is 5.94. The summed E-state index contributed by atoms with van der Waals surface area (Å²) in [4.78, 5) is 11.2. The Morgan fingerprint density at radius 2 is 1.95 bits per heavy atom. The fourth-order valence-corrected chi connectivity index (χ4v) is 2.76. The second-order valence-electron chi connectivity index (χ2n) is 5.58. The first-order valence-corrected chi connectivity index (χ1v) is 7.00. The molecule has 0 spiro atoms. The van der Waals surface area contributed by atoms with Crippen LogP contribution in [0.5, 0.6) is 0 Å². The molecule has 1 saturated carbocycles. The van der Waals surface area contributed by atoms with Gasteiger partial charge in [-0.15, -0.1) is 0 Å². The average Bonchev–Trinajstić information content (AvgIpc) is 2.40. The summed E-state index contributed by atoms with van der Waals surface area (Å²) < 4.78 is 38.3. The Labute approximate surface area is 121 Å². The van der Waals surface area contributed by atoms with Gasteiger partial charge in [0.05, 0.1) is 11.1 Å². The number of hydrogen-bond donors (Lipinski definition) is 2. The number of anilines is 1. The first-order valence-electron chi connectivity index (χ1n) is 7.00. The number of aromatic carboxylic acids is 1. The van der Waals surface area contributed by atoms with E-state index in [1.807, 2.05) is 6.92 Å². The van der Waals surface area contributed by atoms with Crippen molar-refractivity contribution in [2.45, 2.75) is 44.8 Å². The number of benzene rings is 1. The van der Waals surface area contributed by atoms with Crippen LogP contribution in [0.4, 0.5) is 18.9 Å². The summed E-state index contributed by atoms with van der Waals surface area (Å²) in [6.07, 6.45) is -0.530. The Balaban J connectivity index is 2.32. The lowest BCUT2D eigenvalue weighted by atomic mass is 9.85. The molecule has 3 nitrogen and oxygen atoms in total. The minimum Gasteiger partial charge on any atom is -0.478 e. The van der Waals surface area contributed by atoms with Crippen molar-refractivity contribution < 1.29 is 23.1 Å². The molecule has 0 saturated heterocycles. The van der Waals surface area contributed by atoms with E-state index in [2.05, 4.69) is 5.32 Å². The highest BCUT2D eigenvalue weighted by atomic mass is 19.4. The zero-order chi connectivity index (χ0) is 15.6. The molecular formula is C15H18F3NO2. The summed E-state index contributed by atoms with van der Waals surface area (Å²) >= 11 is 0. The lowest BCUT2D eigenvalue weighted by molar-refractivity contribution is -0.137. The van der Waals surface area contributed by atoms with E-state index in [1.165, 1.54) is 0 Å². The van der Waals surface area contributed by atoms with E-state index < -0.39 is 17.7 Å². The predicted molar refractivity (Wildman–Crippen MR) is 73.4 cm³/mol. The van der Waals surface area contributed by atoms with Crippen molar-refractivity contribution in [1.82, 2.24) is 0 Å². The van der Waals surface area contributed by atoms with Gasteiger partial charge < -0.3 is 10.4 Å². The molecule has 2 atom stereocenters. The second kappa shape index (κ2) is 5.95. The fraction of sp³-hybridized carbons (Fsp3) is 0.533. The van der Waals surface area contributed by atoms with Gasteiger partial charge in [0.1, 0.15) is 0 Å². The van der Waals surface area contributed by atoms with Crippen LogP contribution in [0.1, 0.15) is 48.5 Å². The zero-order valence-electron chi connectivity index (χ0n) is 11.7. The molecule has 6 heteroatoms. The summed E-state index contributed by atoms with van der Waals surface area (Å²) in [5, 5.41) is 12.1. The molecule has 2 rings (SSSR count). The highest BCUT2D eigenvalue weighted by Gasteiger charge is 2.32. The molecule has 116 valence electrons. The number of nitrogens with one attached hydrogen (secondary N) is 1. The van der Waals surface area contributed by atoms with Gasteiger partial charge in [0, 0.05) is 11.7 Å². The third kappa shape index (κ3) is 3.68. The standard InChI is InChI=1S/C15H18F3NO2/c1-9-4-2-3-5-12(9)19-13-8-10(15(16,17)18)6-7-11(13)14(20)21/h6-9,12,19H,2-5H2,1H3,(H,20,21)/t9-,12+/m1/s1. The molecule has 0 aliphatic heterocycles. The van der Waals surface area contributed by atoms with E-state index >= 15 is 0 Å². The normalized spacial score (nSPS) is 22.9. The molecule has 1 aliphatic carbocycles. The highest BCUT2D eigenvalue weighted by Crippen LogP contribution is 2.34. The number of rotatable bonds is 3. The zero-order valence-corrected chi connectivity index (χ0v) is 11.7. The summed E-state index contributed by atoms with van der Waals surface area (Å²) in [5.74, 6) is -0.912. The van der Waals surface area contributed by atoms with Crippen LogP contribution in [0, 0.1) is 5.92 Å². The van der Waals surface area contributed by atoms with Gasteiger partial charge in [-0.2, -0.15) is 13.2 Å². The van der Waals surface area contributed by atoms with Gasteiger partial charge in [-0.05, 0) is 37.0 Å². The maximum atomic E-state index is 12.8. The number of carboxylic acids is 1. The number of hydrogen-bond acceptors (Lipinski definition) is 2. The van der Waals surface area contributed by atoms with Crippen LogP contribution in [-0.4, -0.2) is 17.1 Å². The molecule has 0 unspecified atom stereocenters. The van der Waals surface area contributed by atoms with Gasteiger partial charge >= 0.3 is 12.1 Å². The summed E-state index contributed by atoms with van der Waals surface area (Å²) in [6, 6.07) is 2.73. The molecular weight excluding hydrogens is 283 g/mol. The SMILES string of the molecule is C[C@@H]1CCCC[C@@H]1Nc1cc(C(F)(F)F)ccc1C(=O)O. The number of halogens is 3. The quantitative estimate of drug-likeness (QED) is 0.870. The third-order valence-electron chi connectivity index (χ3n) is 4.03. The molecule has 1 aromatic rings. The van der Waals surface area contributed by atoms with Crippen LogP contribution in [0.2, 0.25) is 0 Å². The molecule has 1 aliphatic rings. The molecule has 0 aromatic heterocycles. The first kappa shape index (κ1) is 15.7. The van der Waals surface area contributed by atoms with E-state index in [9.17, 15) is 18.0 Å². The number of alkyl halides is 3. The van der Waals surface area contributed by atoms with Gasteiger partial charge in [0.2, 0.25) is 0 Å². The van der Waals surface area contributed by atoms with E-state index in [1.54, 1.807) is 0 Å². The van der Waals surface area contributed by atoms with Gasteiger partial charge in [0.15, 0.2) is 0 Å². The van der Waals surface area contributed by atoms with Gasteiger partial charge in [-0.3, -0.25) is 0 Å². The van der Waals surface area contributed by atoms with Crippen LogP contribution in [0.25, 0.3) is 0 Å². The minimum absolute atomic E-state index is 0.0142. The molecule has 0 heterocycles. The lowest BCUT2D eigenvalue weighted by Gasteiger charge is -2.31. The number of carboxylic acid groups (broad SMARTS) is 1. The Hall–Kier alpha value is -1.72. The maximum Gasteiger partial charge on any atom is 0.416 e. The topological polar surface area (TPSA) is 49.3 Å². The lowest BCUT2D eigenvalue weighted by Crippen LogP contribution is -2.31. The summed E-state index contributed by atoms with van der Waals surface area (Å²) in [7, 11) is 0. The van der Waals surface area contributed by atoms with Gasteiger partial charge in [-0.1, -0.05) is 19.8 Å². The first-order chi connectivity index (χ1) is 9.79. The summed E-state index contributed by atoms with van der Waals surface area (Å²) in [6.45, 7) is 2.03. The fourth-order valence-electron chi connectivity index (χ4n) is 2.76. The van der Waals surface area contributed by atoms with Crippen molar-refractivity contribution in [3.8, 4) is 0 Å². The molecule has 2 N–H and O–H groups in total. The van der Waals surface area contributed by atoms with E-state index in [0.717, 1.165) is 43.9 Å². The second-order valence-corrected chi connectivity index (χ2v) is 5.58. The Bertz CT molecular complexity index is 528.